The van der Waals surface area contributed by atoms with E-state index in [-0.39, 0.29) is 13.2 Å². The quantitative estimate of drug-likeness (QED) is 0.704. The van der Waals surface area contributed by atoms with Crippen molar-refractivity contribution in [3.8, 4) is 11.5 Å². The molecule has 0 radical (unpaired) electrons. The van der Waals surface area contributed by atoms with E-state index in [4.69, 9.17) is 14.2 Å². The first-order valence-corrected chi connectivity index (χ1v) is 6.40. The van der Waals surface area contributed by atoms with Gasteiger partial charge in [-0.3, -0.25) is 0 Å². The number of carbonyl (C=O) groups is 1. The molecule has 21 heavy (non-hydrogen) atoms. The molecule has 0 aliphatic heterocycles. The molecule has 0 saturated heterocycles. The number of carbonyl (C=O) groups excluding carboxylic acids is 1. The van der Waals surface area contributed by atoms with Gasteiger partial charge in [-0.25, -0.2) is 4.79 Å². The predicted octanol–water partition coefficient (Wildman–Crippen LogP) is 1.22. The van der Waals surface area contributed by atoms with E-state index in [2.05, 4.69) is 10.6 Å². The van der Waals surface area contributed by atoms with Crippen molar-refractivity contribution in [2.24, 2.45) is 0 Å². The summed E-state index contributed by atoms with van der Waals surface area (Å²) < 4.78 is 15.2. The SMILES string of the molecule is COC[C@](C)(O)CNC(=O)Nc1cccc(OC)c1OC. The summed E-state index contributed by atoms with van der Waals surface area (Å²) in [7, 11) is 4.49. The lowest BCUT2D eigenvalue weighted by Crippen LogP contribution is -2.45. The van der Waals surface area contributed by atoms with Gasteiger partial charge in [0.25, 0.3) is 0 Å². The van der Waals surface area contributed by atoms with Crippen LogP contribution in [0, 0.1) is 0 Å². The molecule has 118 valence electrons. The topological polar surface area (TPSA) is 89.1 Å². The highest BCUT2D eigenvalue weighted by Crippen LogP contribution is 2.34. The van der Waals surface area contributed by atoms with Gasteiger partial charge < -0.3 is 30.0 Å². The normalized spacial score (nSPS) is 13.2. The highest BCUT2D eigenvalue weighted by atomic mass is 16.5. The fourth-order valence-corrected chi connectivity index (χ4v) is 1.78. The van der Waals surface area contributed by atoms with Crippen LogP contribution in [0.1, 0.15) is 6.92 Å². The third-order valence-electron chi connectivity index (χ3n) is 2.74. The average Bonchev–Trinajstić information content (AvgIpc) is 2.45. The van der Waals surface area contributed by atoms with Crippen molar-refractivity contribution in [2.75, 3.05) is 39.8 Å². The molecule has 7 heteroatoms. The fraction of sp³-hybridized carbons (Fsp3) is 0.500. The second kappa shape index (κ2) is 7.70. The number of amides is 2. The molecule has 1 aromatic carbocycles. The van der Waals surface area contributed by atoms with Crippen LogP contribution in [-0.4, -0.2) is 51.2 Å². The van der Waals surface area contributed by atoms with Crippen LogP contribution in [-0.2, 0) is 4.74 Å². The van der Waals surface area contributed by atoms with Gasteiger partial charge in [-0.15, -0.1) is 0 Å². The van der Waals surface area contributed by atoms with Crippen molar-refractivity contribution in [3.63, 3.8) is 0 Å². The van der Waals surface area contributed by atoms with Crippen LogP contribution in [0.15, 0.2) is 18.2 Å². The lowest BCUT2D eigenvalue weighted by molar-refractivity contribution is -0.0133. The van der Waals surface area contributed by atoms with Gasteiger partial charge in [0.1, 0.15) is 5.60 Å². The third-order valence-corrected chi connectivity index (χ3v) is 2.74. The number of aliphatic hydroxyl groups is 1. The number of methoxy groups -OCH3 is 3. The minimum Gasteiger partial charge on any atom is -0.493 e. The Balaban J connectivity index is 2.67. The first kappa shape index (κ1) is 17.1. The van der Waals surface area contributed by atoms with Crippen LogP contribution >= 0.6 is 0 Å². The summed E-state index contributed by atoms with van der Waals surface area (Å²) in [5.74, 6) is 0.945. The summed E-state index contributed by atoms with van der Waals surface area (Å²) in [6.45, 7) is 1.75. The number of anilines is 1. The van der Waals surface area contributed by atoms with E-state index in [1.807, 2.05) is 0 Å². The largest absolute Gasteiger partial charge is 0.493 e. The van der Waals surface area contributed by atoms with Crippen molar-refractivity contribution in [3.05, 3.63) is 18.2 Å². The zero-order valence-corrected chi connectivity index (χ0v) is 12.7. The van der Waals surface area contributed by atoms with Crippen LogP contribution in [0.3, 0.4) is 0 Å². The van der Waals surface area contributed by atoms with Crippen molar-refractivity contribution in [1.82, 2.24) is 5.32 Å². The third kappa shape index (κ3) is 5.13. The van der Waals surface area contributed by atoms with Gasteiger partial charge in [0.2, 0.25) is 0 Å². The fourth-order valence-electron chi connectivity index (χ4n) is 1.78. The van der Waals surface area contributed by atoms with Crippen LogP contribution in [0.2, 0.25) is 0 Å². The van der Waals surface area contributed by atoms with Crippen molar-refractivity contribution in [1.29, 1.82) is 0 Å². The van der Waals surface area contributed by atoms with Gasteiger partial charge >= 0.3 is 6.03 Å². The Bertz CT molecular complexity index is 476. The molecule has 1 atom stereocenters. The second-order valence-corrected chi connectivity index (χ2v) is 4.78. The summed E-state index contributed by atoms with van der Waals surface area (Å²) in [6.07, 6.45) is 0. The van der Waals surface area contributed by atoms with E-state index in [0.29, 0.717) is 17.2 Å². The summed E-state index contributed by atoms with van der Waals surface area (Å²) >= 11 is 0. The van der Waals surface area contributed by atoms with Gasteiger partial charge in [-0.2, -0.15) is 0 Å². The molecule has 1 rings (SSSR count). The average molecular weight is 298 g/mol. The first-order chi connectivity index (χ1) is 9.93. The standard InChI is InChI=1S/C14H22N2O5/c1-14(18,9-19-2)8-15-13(17)16-10-6-5-7-11(20-3)12(10)21-4/h5-7,18H,8-9H2,1-4H3,(H2,15,16,17)/t14-/m1/s1. The molecule has 0 heterocycles. The Morgan fingerprint density at radius 2 is 2.00 bits per heavy atom. The number of para-hydroxylation sites is 1. The minimum atomic E-state index is -1.13. The number of rotatable bonds is 7. The summed E-state index contributed by atoms with van der Waals surface area (Å²) in [5.41, 5.74) is -0.661. The molecule has 0 saturated carbocycles. The van der Waals surface area contributed by atoms with Crippen molar-refractivity contribution >= 4 is 11.7 Å². The molecule has 7 nitrogen and oxygen atoms in total. The van der Waals surface area contributed by atoms with Gasteiger partial charge in [-0.1, -0.05) is 6.07 Å². The predicted molar refractivity (Wildman–Crippen MR) is 79.1 cm³/mol. The van der Waals surface area contributed by atoms with Gasteiger partial charge in [0, 0.05) is 7.11 Å². The lowest BCUT2D eigenvalue weighted by Gasteiger charge is -2.22. The number of hydrogen-bond donors (Lipinski definition) is 3. The van der Waals surface area contributed by atoms with Crippen molar-refractivity contribution in [2.45, 2.75) is 12.5 Å². The Hall–Kier alpha value is -1.99. The molecule has 0 aliphatic rings. The molecular formula is C14H22N2O5. The van der Waals surface area contributed by atoms with E-state index in [1.54, 1.807) is 25.1 Å². The number of urea groups is 1. The first-order valence-electron chi connectivity index (χ1n) is 6.40. The summed E-state index contributed by atoms with van der Waals surface area (Å²) in [5, 5.41) is 15.1. The Morgan fingerprint density at radius 3 is 2.57 bits per heavy atom. The van der Waals surface area contributed by atoms with Gasteiger partial charge in [-0.05, 0) is 19.1 Å². The van der Waals surface area contributed by atoms with Crippen LogP contribution in [0.5, 0.6) is 11.5 Å². The molecule has 3 N–H and O–H groups in total. The van der Waals surface area contributed by atoms with Gasteiger partial charge in [0.05, 0.1) is 33.1 Å². The van der Waals surface area contributed by atoms with E-state index in [9.17, 15) is 9.90 Å². The van der Waals surface area contributed by atoms with E-state index in [0.717, 1.165) is 0 Å². The van der Waals surface area contributed by atoms with E-state index in [1.165, 1.54) is 21.3 Å². The van der Waals surface area contributed by atoms with E-state index >= 15 is 0 Å². The zero-order valence-electron chi connectivity index (χ0n) is 12.7. The molecule has 0 spiro atoms. The number of ether oxygens (including phenoxy) is 3. The second-order valence-electron chi connectivity index (χ2n) is 4.78. The summed E-state index contributed by atoms with van der Waals surface area (Å²) in [4.78, 5) is 11.9. The maximum absolute atomic E-state index is 11.9. The Labute approximate surface area is 124 Å². The van der Waals surface area contributed by atoms with Crippen molar-refractivity contribution < 1.29 is 24.1 Å². The Kier molecular flexibility index (Phi) is 6.26. The van der Waals surface area contributed by atoms with Gasteiger partial charge in [0.15, 0.2) is 11.5 Å². The lowest BCUT2D eigenvalue weighted by atomic mass is 10.1. The van der Waals surface area contributed by atoms with Crippen LogP contribution in [0.4, 0.5) is 10.5 Å². The highest BCUT2D eigenvalue weighted by Gasteiger charge is 2.21. The number of benzene rings is 1. The highest BCUT2D eigenvalue weighted by molar-refractivity contribution is 5.91. The molecule has 0 aromatic heterocycles. The smallest absolute Gasteiger partial charge is 0.319 e. The molecular weight excluding hydrogens is 276 g/mol. The number of hydrogen-bond acceptors (Lipinski definition) is 5. The number of nitrogens with one attached hydrogen (secondary N) is 2. The Morgan fingerprint density at radius 1 is 1.29 bits per heavy atom. The molecule has 0 unspecified atom stereocenters. The zero-order chi connectivity index (χ0) is 15.9. The molecule has 1 aromatic rings. The molecule has 0 bridgehead atoms. The van der Waals surface area contributed by atoms with E-state index < -0.39 is 11.6 Å². The van der Waals surface area contributed by atoms with Crippen LogP contribution < -0.4 is 20.1 Å². The monoisotopic (exact) mass is 298 g/mol. The molecule has 0 fully saturated rings. The maximum atomic E-state index is 11.9. The maximum Gasteiger partial charge on any atom is 0.319 e. The van der Waals surface area contributed by atoms with Crippen LogP contribution in [0.25, 0.3) is 0 Å². The molecule has 2 amide bonds. The molecule has 0 aliphatic carbocycles. The summed E-state index contributed by atoms with van der Waals surface area (Å²) in [6, 6.07) is 4.69. The minimum absolute atomic E-state index is 0.0545.